The molecule has 0 spiro atoms. The number of hydrogen-bond donors (Lipinski definition) is 0. The topological polar surface area (TPSA) is 57.1 Å². The monoisotopic (exact) mass is 237 g/mol. The summed E-state index contributed by atoms with van der Waals surface area (Å²) >= 11 is 5.73. The minimum absolute atomic E-state index is 0.195. The Labute approximate surface area is 97.0 Å². The van der Waals surface area contributed by atoms with Gasteiger partial charge in [-0.1, -0.05) is 11.6 Å². The highest BCUT2D eigenvalue weighted by Gasteiger charge is 2.06. The third kappa shape index (κ3) is 2.38. The number of halogens is 1. The maximum absolute atomic E-state index is 5.73. The summed E-state index contributed by atoms with van der Waals surface area (Å²) < 4.78 is 10.4. The highest BCUT2D eigenvalue weighted by atomic mass is 35.5. The number of ether oxygens (including phenoxy) is 2. The molecular weight excluding hydrogens is 230 g/mol. The molecule has 0 aliphatic heterocycles. The van der Waals surface area contributed by atoms with Crippen LogP contribution in [0.2, 0.25) is 5.15 Å². The number of pyridine rings is 1. The molecule has 2 rings (SSSR count). The minimum Gasteiger partial charge on any atom is -0.493 e. The molecule has 0 saturated heterocycles. The largest absolute Gasteiger partial charge is 0.493 e. The van der Waals surface area contributed by atoms with Crippen LogP contribution in [0.15, 0.2) is 30.6 Å². The van der Waals surface area contributed by atoms with Crippen molar-refractivity contribution < 1.29 is 9.47 Å². The van der Waals surface area contributed by atoms with Crippen molar-refractivity contribution >= 4 is 11.6 Å². The zero-order chi connectivity index (χ0) is 11.4. The van der Waals surface area contributed by atoms with E-state index in [1.54, 1.807) is 30.6 Å². The summed E-state index contributed by atoms with van der Waals surface area (Å²) in [6.45, 7) is 0. The van der Waals surface area contributed by atoms with Gasteiger partial charge >= 0.3 is 0 Å². The first-order chi connectivity index (χ1) is 7.79. The molecule has 0 unspecified atom stereocenters. The van der Waals surface area contributed by atoms with Crippen molar-refractivity contribution in [3.8, 4) is 17.4 Å². The fourth-order valence-electron chi connectivity index (χ4n) is 1.06. The number of hydrogen-bond acceptors (Lipinski definition) is 5. The van der Waals surface area contributed by atoms with E-state index in [4.69, 9.17) is 21.1 Å². The number of aromatic nitrogens is 3. The first kappa shape index (κ1) is 10.6. The van der Waals surface area contributed by atoms with Gasteiger partial charge in [-0.15, -0.1) is 10.2 Å². The molecule has 0 fully saturated rings. The van der Waals surface area contributed by atoms with E-state index in [1.807, 2.05) is 0 Å². The smallest absolute Gasteiger partial charge is 0.242 e. The summed E-state index contributed by atoms with van der Waals surface area (Å²) in [5, 5.41) is 7.66. The number of rotatable bonds is 3. The Morgan fingerprint density at radius 2 is 2.19 bits per heavy atom. The normalized spacial score (nSPS) is 9.88. The number of methoxy groups -OCH3 is 1. The van der Waals surface area contributed by atoms with Gasteiger partial charge in [-0.3, -0.25) is 4.98 Å². The van der Waals surface area contributed by atoms with Crippen molar-refractivity contribution in [3.63, 3.8) is 0 Å². The molecule has 0 amide bonds. The Balaban J connectivity index is 2.22. The van der Waals surface area contributed by atoms with E-state index < -0.39 is 0 Å². The highest BCUT2D eigenvalue weighted by Crippen LogP contribution is 2.26. The highest BCUT2D eigenvalue weighted by molar-refractivity contribution is 6.30. The van der Waals surface area contributed by atoms with E-state index in [2.05, 4.69) is 15.2 Å². The van der Waals surface area contributed by atoms with E-state index >= 15 is 0 Å². The average molecular weight is 238 g/mol. The Hall–Kier alpha value is -1.88. The molecule has 2 aromatic rings. The molecule has 0 atom stereocenters. The van der Waals surface area contributed by atoms with Gasteiger partial charge in [0.15, 0.2) is 10.9 Å². The predicted octanol–water partition coefficient (Wildman–Crippen LogP) is 2.33. The second-order valence-corrected chi connectivity index (χ2v) is 3.19. The second kappa shape index (κ2) is 4.76. The molecule has 5 nitrogen and oxygen atoms in total. The van der Waals surface area contributed by atoms with Gasteiger partial charge in [0.05, 0.1) is 13.3 Å². The molecule has 0 N–H and O–H groups in total. The van der Waals surface area contributed by atoms with E-state index in [9.17, 15) is 0 Å². The molecule has 0 aliphatic rings. The van der Waals surface area contributed by atoms with Crippen LogP contribution >= 0.6 is 11.6 Å². The van der Waals surface area contributed by atoms with Crippen LogP contribution < -0.4 is 9.47 Å². The van der Waals surface area contributed by atoms with E-state index in [0.29, 0.717) is 17.4 Å². The molecule has 82 valence electrons. The van der Waals surface area contributed by atoms with Gasteiger partial charge in [-0.05, 0) is 12.1 Å². The second-order valence-electron chi connectivity index (χ2n) is 2.83. The zero-order valence-electron chi connectivity index (χ0n) is 8.42. The summed E-state index contributed by atoms with van der Waals surface area (Å²) in [4.78, 5) is 3.91. The van der Waals surface area contributed by atoms with Crippen molar-refractivity contribution in [1.29, 1.82) is 0 Å². The average Bonchev–Trinajstić information content (AvgIpc) is 2.33. The quantitative estimate of drug-likeness (QED) is 0.820. The van der Waals surface area contributed by atoms with Gasteiger partial charge < -0.3 is 9.47 Å². The lowest BCUT2D eigenvalue weighted by molar-refractivity contribution is 0.399. The fraction of sp³-hybridized carbons (Fsp3) is 0.100. The molecule has 0 aliphatic carbocycles. The van der Waals surface area contributed by atoms with Crippen molar-refractivity contribution in [2.45, 2.75) is 0 Å². The summed E-state index contributed by atoms with van der Waals surface area (Å²) in [7, 11) is 1.50. The zero-order valence-corrected chi connectivity index (χ0v) is 9.18. The standard InChI is InChI=1S/C10H8ClN3O2/c1-15-8-5-9(13-14-10(8)11)16-7-3-2-4-12-6-7/h2-6H,1H3. The Kier molecular flexibility index (Phi) is 3.16. The van der Waals surface area contributed by atoms with Crippen LogP contribution in [0.4, 0.5) is 0 Å². The molecule has 2 heterocycles. The van der Waals surface area contributed by atoms with E-state index in [1.165, 1.54) is 7.11 Å². The SMILES string of the molecule is COc1cc(Oc2cccnc2)nnc1Cl. The summed E-state index contributed by atoms with van der Waals surface area (Å²) in [5.74, 6) is 1.28. The fourth-order valence-corrected chi connectivity index (χ4v) is 1.23. The Morgan fingerprint density at radius 1 is 1.31 bits per heavy atom. The van der Waals surface area contributed by atoms with Gasteiger partial charge in [0.2, 0.25) is 5.88 Å². The molecule has 2 aromatic heterocycles. The maximum atomic E-state index is 5.73. The van der Waals surface area contributed by atoms with Gasteiger partial charge in [-0.2, -0.15) is 0 Å². The molecule has 16 heavy (non-hydrogen) atoms. The van der Waals surface area contributed by atoms with E-state index in [-0.39, 0.29) is 5.15 Å². The minimum atomic E-state index is 0.195. The third-order valence-corrected chi connectivity index (χ3v) is 2.03. The van der Waals surface area contributed by atoms with Crippen LogP contribution in [0, 0.1) is 0 Å². The van der Waals surface area contributed by atoms with Gasteiger partial charge in [0.1, 0.15) is 5.75 Å². The van der Waals surface area contributed by atoms with Gasteiger partial charge in [0.25, 0.3) is 0 Å². The van der Waals surface area contributed by atoms with Crippen LogP contribution in [0.25, 0.3) is 0 Å². The van der Waals surface area contributed by atoms with Crippen LogP contribution in [0.5, 0.6) is 17.4 Å². The van der Waals surface area contributed by atoms with Gasteiger partial charge in [-0.25, -0.2) is 0 Å². The van der Waals surface area contributed by atoms with Crippen molar-refractivity contribution in [1.82, 2.24) is 15.2 Å². The van der Waals surface area contributed by atoms with Gasteiger partial charge in [0, 0.05) is 12.3 Å². The molecule has 0 bridgehead atoms. The lowest BCUT2D eigenvalue weighted by Gasteiger charge is -2.05. The van der Waals surface area contributed by atoms with Crippen LogP contribution in [0.1, 0.15) is 0 Å². The molecule has 0 aromatic carbocycles. The molecule has 0 saturated carbocycles. The molecular formula is C10H8ClN3O2. The lowest BCUT2D eigenvalue weighted by atomic mass is 10.4. The molecule has 6 heteroatoms. The van der Waals surface area contributed by atoms with Crippen molar-refractivity contribution in [2.75, 3.05) is 7.11 Å². The summed E-state index contributed by atoms with van der Waals surface area (Å²) in [6.07, 6.45) is 3.23. The maximum Gasteiger partial charge on any atom is 0.242 e. The summed E-state index contributed by atoms with van der Waals surface area (Å²) in [6, 6.07) is 5.08. The molecule has 0 radical (unpaired) electrons. The van der Waals surface area contributed by atoms with Crippen LogP contribution in [-0.2, 0) is 0 Å². The first-order valence-electron chi connectivity index (χ1n) is 4.44. The Bertz CT molecular complexity index is 479. The van der Waals surface area contributed by atoms with Crippen LogP contribution in [0.3, 0.4) is 0 Å². The third-order valence-electron chi connectivity index (χ3n) is 1.77. The first-order valence-corrected chi connectivity index (χ1v) is 4.82. The Morgan fingerprint density at radius 3 is 2.88 bits per heavy atom. The summed E-state index contributed by atoms with van der Waals surface area (Å²) in [5.41, 5.74) is 0. The van der Waals surface area contributed by atoms with E-state index in [0.717, 1.165) is 0 Å². The number of nitrogens with zero attached hydrogens (tertiary/aromatic N) is 3. The van der Waals surface area contributed by atoms with Crippen molar-refractivity contribution in [2.24, 2.45) is 0 Å². The van der Waals surface area contributed by atoms with Crippen molar-refractivity contribution in [3.05, 3.63) is 35.7 Å². The lowest BCUT2D eigenvalue weighted by Crippen LogP contribution is -1.94. The van der Waals surface area contributed by atoms with Crippen LogP contribution in [-0.4, -0.2) is 22.3 Å². The predicted molar refractivity (Wildman–Crippen MR) is 57.9 cm³/mol.